The Bertz CT molecular complexity index is 1430. The predicted molar refractivity (Wildman–Crippen MR) is 173 cm³/mol. The molecule has 0 atom stereocenters. The number of piperidine rings is 1. The van der Waals surface area contributed by atoms with Crippen molar-refractivity contribution in [2.24, 2.45) is 5.73 Å². The maximum absolute atomic E-state index is 12.4. The second-order valence-electron chi connectivity index (χ2n) is 12.5. The molecule has 0 saturated carbocycles. The van der Waals surface area contributed by atoms with Crippen molar-refractivity contribution in [3.8, 4) is 22.9 Å². The summed E-state index contributed by atoms with van der Waals surface area (Å²) in [5.74, 6) is 1.77. The minimum absolute atomic E-state index is 0.267. The molecule has 0 radical (unpaired) electrons. The van der Waals surface area contributed by atoms with Gasteiger partial charge in [-0.2, -0.15) is 0 Å². The number of aliphatic hydroxyl groups is 1. The van der Waals surface area contributed by atoms with Crippen LogP contribution >= 0.6 is 23.2 Å². The van der Waals surface area contributed by atoms with Crippen molar-refractivity contribution in [1.29, 1.82) is 0 Å². The molecule has 2 fully saturated rings. The summed E-state index contributed by atoms with van der Waals surface area (Å²) in [6.07, 6.45) is 2.64. The fourth-order valence-corrected chi connectivity index (χ4v) is 5.85. The summed E-state index contributed by atoms with van der Waals surface area (Å²) in [6.45, 7) is 10.4. The zero-order valence-electron chi connectivity index (χ0n) is 25.4. The Balaban J connectivity index is 1.29. The minimum atomic E-state index is -0.795. The van der Waals surface area contributed by atoms with Crippen LogP contribution in [0.3, 0.4) is 0 Å². The van der Waals surface area contributed by atoms with Crippen LogP contribution in [0, 0.1) is 0 Å². The maximum atomic E-state index is 12.4. The summed E-state index contributed by atoms with van der Waals surface area (Å²) >= 11 is 12.6. The molecule has 236 valence electrons. The second kappa shape index (κ2) is 13.5. The first-order valence-corrected chi connectivity index (χ1v) is 15.6. The lowest BCUT2D eigenvalue weighted by molar-refractivity contribution is -0.0153. The zero-order chi connectivity index (χ0) is 31.5. The Hall–Kier alpha value is -3.15. The van der Waals surface area contributed by atoms with Gasteiger partial charge in [0.2, 0.25) is 5.88 Å². The molecule has 12 heteroatoms. The number of carbonyl (C=O) groups excluding carboxylic acids is 1. The number of benzene rings is 1. The molecule has 0 spiro atoms. The molecule has 3 aromatic rings. The SMILES string of the molecule is CC(C)(C)OC(=O)N1CCN(c2ccc(Oc3cc(CN4CCC(O)(CN)CC4)cc(-c4cc(Cl)cc(Cl)c4)n3)cn2)CC1. The standard InChI is InChI=1S/C32H40Cl2N6O4/c1-31(2,3)44-30(41)40-12-10-39(11-13-40)28-5-4-26(19-36-28)43-29-15-22(20-38-8-6-32(42,21-35)7-9-38)14-27(37-29)23-16-24(33)18-25(34)17-23/h4-5,14-19,42H,6-13,20-21,35H2,1-3H3. The molecule has 1 aromatic carbocycles. The molecule has 5 rings (SSSR count). The number of nitrogens with zero attached hydrogens (tertiary/aromatic N) is 5. The third kappa shape index (κ3) is 8.51. The zero-order valence-corrected chi connectivity index (χ0v) is 26.9. The summed E-state index contributed by atoms with van der Waals surface area (Å²) < 4.78 is 11.7. The topological polar surface area (TPSA) is 117 Å². The van der Waals surface area contributed by atoms with Gasteiger partial charge < -0.3 is 30.1 Å². The average Bonchev–Trinajstić information content (AvgIpc) is 2.97. The number of ether oxygens (including phenoxy) is 2. The van der Waals surface area contributed by atoms with Crippen molar-refractivity contribution < 1.29 is 19.4 Å². The van der Waals surface area contributed by atoms with E-state index in [9.17, 15) is 9.90 Å². The highest BCUT2D eigenvalue weighted by molar-refractivity contribution is 6.35. The van der Waals surface area contributed by atoms with Crippen LogP contribution in [0.15, 0.2) is 48.7 Å². The van der Waals surface area contributed by atoms with Gasteiger partial charge >= 0.3 is 6.09 Å². The second-order valence-corrected chi connectivity index (χ2v) is 13.3. The number of carbonyl (C=O) groups is 1. The summed E-state index contributed by atoms with van der Waals surface area (Å²) in [5.41, 5.74) is 6.94. The molecule has 2 aliphatic heterocycles. The van der Waals surface area contributed by atoms with Crippen molar-refractivity contribution in [2.45, 2.75) is 51.4 Å². The van der Waals surface area contributed by atoms with Crippen LogP contribution in [0.25, 0.3) is 11.3 Å². The van der Waals surface area contributed by atoms with Crippen LogP contribution in [0.1, 0.15) is 39.2 Å². The highest BCUT2D eigenvalue weighted by atomic mass is 35.5. The molecule has 0 bridgehead atoms. The fourth-order valence-electron chi connectivity index (χ4n) is 5.33. The van der Waals surface area contributed by atoms with E-state index in [-0.39, 0.29) is 12.6 Å². The van der Waals surface area contributed by atoms with E-state index in [0.29, 0.717) is 72.9 Å². The molecule has 0 unspecified atom stereocenters. The molecule has 2 aliphatic rings. The first kappa shape index (κ1) is 32.2. The van der Waals surface area contributed by atoms with Gasteiger partial charge in [-0.3, -0.25) is 4.90 Å². The van der Waals surface area contributed by atoms with Crippen molar-refractivity contribution in [1.82, 2.24) is 19.8 Å². The lowest BCUT2D eigenvalue weighted by atomic mass is 9.91. The van der Waals surface area contributed by atoms with Crippen LogP contribution in [0.5, 0.6) is 11.6 Å². The van der Waals surface area contributed by atoms with Crippen LogP contribution < -0.4 is 15.4 Å². The Morgan fingerprint density at radius 2 is 1.68 bits per heavy atom. The average molecular weight is 644 g/mol. The number of likely N-dealkylation sites (tertiary alicyclic amines) is 1. The summed E-state index contributed by atoms with van der Waals surface area (Å²) in [4.78, 5) is 28.0. The number of anilines is 1. The molecule has 3 N–H and O–H groups in total. The van der Waals surface area contributed by atoms with E-state index in [1.54, 1.807) is 17.2 Å². The molecule has 4 heterocycles. The largest absolute Gasteiger partial charge is 0.444 e. The highest BCUT2D eigenvalue weighted by Gasteiger charge is 2.31. The smallest absolute Gasteiger partial charge is 0.410 e. The van der Waals surface area contributed by atoms with Gasteiger partial charge in [0, 0.05) is 74.0 Å². The normalized spacial score (nSPS) is 17.4. The van der Waals surface area contributed by atoms with Gasteiger partial charge in [-0.1, -0.05) is 23.2 Å². The third-order valence-corrected chi connectivity index (χ3v) is 8.23. The van der Waals surface area contributed by atoms with Crippen LogP contribution in [-0.2, 0) is 11.3 Å². The summed E-state index contributed by atoms with van der Waals surface area (Å²) in [6, 6.07) is 13.0. The van der Waals surface area contributed by atoms with E-state index in [0.717, 1.165) is 30.0 Å². The van der Waals surface area contributed by atoms with Crippen molar-refractivity contribution in [3.05, 3.63) is 64.3 Å². The summed E-state index contributed by atoms with van der Waals surface area (Å²) in [7, 11) is 0. The quantitative estimate of drug-likeness (QED) is 0.340. The minimum Gasteiger partial charge on any atom is -0.444 e. The fraction of sp³-hybridized carbons (Fsp3) is 0.469. The number of halogens is 2. The number of rotatable bonds is 7. The van der Waals surface area contributed by atoms with Crippen molar-refractivity contribution in [3.63, 3.8) is 0 Å². The van der Waals surface area contributed by atoms with E-state index in [2.05, 4.69) is 14.8 Å². The van der Waals surface area contributed by atoms with E-state index in [1.807, 2.05) is 57.2 Å². The van der Waals surface area contributed by atoms with Gasteiger partial charge in [0.1, 0.15) is 17.2 Å². The number of hydrogen-bond acceptors (Lipinski definition) is 9. The van der Waals surface area contributed by atoms with E-state index in [4.69, 9.17) is 43.4 Å². The molecule has 1 amide bonds. The maximum Gasteiger partial charge on any atom is 0.410 e. The Morgan fingerprint density at radius 3 is 2.27 bits per heavy atom. The number of aromatic nitrogens is 2. The van der Waals surface area contributed by atoms with Gasteiger partial charge in [-0.05, 0) is 75.6 Å². The van der Waals surface area contributed by atoms with Gasteiger partial charge in [0.15, 0.2) is 0 Å². The molecule has 10 nitrogen and oxygen atoms in total. The Kier molecular flexibility index (Phi) is 9.86. The third-order valence-electron chi connectivity index (χ3n) is 7.79. The van der Waals surface area contributed by atoms with E-state index in [1.165, 1.54) is 0 Å². The number of pyridine rings is 2. The lowest BCUT2D eigenvalue weighted by Gasteiger charge is -2.37. The van der Waals surface area contributed by atoms with Crippen molar-refractivity contribution >= 4 is 35.1 Å². The van der Waals surface area contributed by atoms with Gasteiger partial charge in [-0.15, -0.1) is 0 Å². The molecule has 2 aromatic heterocycles. The van der Waals surface area contributed by atoms with Crippen LogP contribution in [0.4, 0.5) is 10.6 Å². The molecular formula is C32H40Cl2N6O4. The monoisotopic (exact) mass is 642 g/mol. The highest BCUT2D eigenvalue weighted by Crippen LogP contribution is 2.31. The first-order chi connectivity index (χ1) is 20.9. The summed E-state index contributed by atoms with van der Waals surface area (Å²) in [5, 5.41) is 11.6. The van der Waals surface area contributed by atoms with Gasteiger partial charge in [-0.25, -0.2) is 14.8 Å². The number of nitrogens with two attached hydrogens (primary N) is 1. The predicted octanol–water partition coefficient (Wildman–Crippen LogP) is 5.59. The molecule has 0 aliphatic carbocycles. The Labute approximate surface area is 268 Å². The van der Waals surface area contributed by atoms with Crippen LogP contribution in [-0.4, -0.2) is 88.0 Å². The van der Waals surface area contributed by atoms with Crippen molar-refractivity contribution in [2.75, 3.05) is 50.7 Å². The number of piperazine rings is 1. The molecule has 44 heavy (non-hydrogen) atoms. The molecule has 2 saturated heterocycles. The number of hydrogen-bond donors (Lipinski definition) is 2. The van der Waals surface area contributed by atoms with E-state index >= 15 is 0 Å². The lowest BCUT2D eigenvalue weighted by Crippen LogP contribution is -2.50. The van der Waals surface area contributed by atoms with Crippen LogP contribution in [0.2, 0.25) is 10.0 Å². The van der Waals surface area contributed by atoms with Gasteiger partial charge in [0.25, 0.3) is 0 Å². The number of amides is 1. The van der Waals surface area contributed by atoms with Gasteiger partial charge in [0.05, 0.1) is 17.5 Å². The molecular weight excluding hydrogens is 603 g/mol. The first-order valence-electron chi connectivity index (χ1n) is 14.9. The van der Waals surface area contributed by atoms with E-state index < -0.39 is 11.2 Å². The Morgan fingerprint density at radius 1 is 1.00 bits per heavy atom.